The summed E-state index contributed by atoms with van der Waals surface area (Å²) in [6.45, 7) is 2.08. The second-order valence-electron chi connectivity index (χ2n) is 3.84. The molecule has 0 saturated carbocycles. The van der Waals surface area contributed by atoms with E-state index < -0.39 is 0 Å². The minimum atomic E-state index is 0.274. The highest BCUT2D eigenvalue weighted by Gasteiger charge is 2.21. The van der Waals surface area contributed by atoms with Crippen LogP contribution in [0.4, 0.5) is 0 Å². The Labute approximate surface area is 95.1 Å². The van der Waals surface area contributed by atoms with Crippen molar-refractivity contribution in [3.63, 3.8) is 0 Å². The fraction of sp³-hybridized carbons (Fsp3) is 0.500. The van der Waals surface area contributed by atoms with Crippen LogP contribution in [0.2, 0.25) is 0 Å². The molecular formula is C12H15ClO2. The van der Waals surface area contributed by atoms with Crippen molar-refractivity contribution >= 4 is 11.6 Å². The molecule has 0 spiro atoms. The minimum absolute atomic E-state index is 0.274. The van der Waals surface area contributed by atoms with Crippen molar-refractivity contribution in [1.29, 1.82) is 0 Å². The standard InChI is InChI=1S/C12H15ClO2/c1-8-5-10-7-11(14-2)9(3-4-13)6-12(10)15-8/h6-8H,3-5H2,1-2H3. The maximum atomic E-state index is 5.75. The first-order valence-corrected chi connectivity index (χ1v) is 5.70. The van der Waals surface area contributed by atoms with Gasteiger partial charge in [0.1, 0.15) is 17.6 Å². The van der Waals surface area contributed by atoms with Crippen LogP contribution in [0, 0.1) is 0 Å². The molecule has 0 aliphatic carbocycles. The van der Waals surface area contributed by atoms with Crippen molar-refractivity contribution in [2.45, 2.75) is 25.9 Å². The number of fused-ring (bicyclic) bond motifs is 1. The Kier molecular flexibility index (Phi) is 3.06. The molecule has 1 aliphatic rings. The maximum absolute atomic E-state index is 5.75. The van der Waals surface area contributed by atoms with Crippen LogP contribution in [0.5, 0.6) is 11.5 Å². The van der Waals surface area contributed by atoms with Gasteiger partial charge < -0.3 is 9.47 Å². The highest BCUT2D eigenvalue weighted by atomic mass is 35.5. The van der Waals surface area contributed by atoms with E-state index in [0.717, 1.165) is 29.9 Å². The summed E-state index contributed by atoms with van der Waals surface area (Å²) >= 11 is 5.75. The van der Waals surface area contributed by atoms with Crippen molar-refractivity contribution < 1.29 is 9.47 Å². The molecule has 3 heteroatoms. The van der Waals surface area contributed by atoms with E-state index in [0.29, 0.717) is 5.88 Å². The van der Waals surface area contributed by atoms with Gasteiger partial charge in [-0.05, 0) is 31.0 Å². The monoisotopic (exact) mass is 226 g/mol. The SMILES string of the molecule is COc1cc2c(cc1CCCl)OC(C)C2. The fourth-order valence-electron chi connectivity index (χ4n) is 1.97. The van der Waals surface area contributed by atoms with E-state index >= 15 is 0 Å². The van der Waals surface area contributed by atoms with E-state index in [2.05, 4.69) is 19.1 Å². The first-order chi connectivity index (χ1) is 7.24. The summed E-state index contributed by atoms with van der Waals surface area (Å²) in [5.74, 6) is 2.51. The molecule has 0 aromatic heterocycles. The number of hydrogen-bond donors (Lipinski definition) is 0. The molecule has 1 aromatic carbocycles. The molecule has 15 heavy (non-hydrogen) atoms. The molecule has 2 nitrogen and oxygen atoms in total. The van der Waals surface area contributed by atoms with Gasteiger partial charge >= 0.3 is 0 Å². The quantitative estimate of drug-likeness (QED) is 0.738. The summed E-state index contributed by atoms with van der Waals surface area (Å²) in [6, 6.07) is 4.13. The van der Waals surface area contributed by atoms with Crippen LogP contribution in [0.3, 0.4) is 0 Å². The lowest BCUT2D eigenvalue weighted by Gasteiger charge is -2.09. The summed E-state index contributed by atoms with van der Waals surface area (Å²) < 4.78 is 11.0. The Balaban J connectivity index is 2.36. The molecule has 0 fully saturated rings. The summed E-state index contributed by atoms with van der Waals surface area (Å²) in [5.41, 5.74) is 2.36. The van der Waals surface area contributed by atoms with Gasteiger partial charge in [-0.25, -0.2) is 0 Å². The molecule has 0 saturated heterocycles. The van der Waals surface area contributed by atoms with Crippen molar-refractivity contribution in [3.05, 3.63) is 23.3 Å². The number of hydrogen-bond acceptors (Lipinski definition) is 2. The van der Waals surface area contributed by atoms with Gasteiger partial charge in [0.25, 0.3) is 0 Å². The Bertz CT molecular complexity index is 363. The van der Waals surface area contributed by atoms with Gasteiger partial charge in [0.2, 0.25) is 0 Å². The summed E-state index contributed by atoms with van der Waals surface area (Å²) in [4.78, 5) is 0. The number of ether oxygens (including phenoxy) is 2. The molecule has 0 radical (unpaired) electrons. The van der Waals surface area contributed by atoms with E-state index in [1.165, 1.54) is 5.56 Å². The van der Waals surface area contributed by atoms with Crippen LogP contribution in [-0.4, -0.2) is 19.1 Å². The van der Waals surface area contributed by atoms with Gasteiger partial charge in [0.15, 0.2) is 0 Å². The Morgan fingerprint density at radius 1 is 1.53 bits per heavy atom. The number of methoxy groups -OCH3 is 1. The second-order valence-corrected chi connectivity index (χ2v) is 4.22. The summed E-state index contributed by atoms with van der Waals surface area (Å²) in [6.07, 6.45) is 2.05. The summed E-state index contributed by atoms with van der Waals surface area (Å²) in [5, 5.41) is 0. The van der Waals surface area contributed by atoms with E-state index in [-0.39, 0.29) is 6.10 Å². The Morgan fingerprint density at radius 2 is 2.33 bits per heavy atom. The summed E-state index contributed by atoms with van der Waals surface area (Å²) in [7, 11) is 1.69. The minimum Gasteiger partial charge on any atom is -0.496 e. The first-order valence-electron chi connectivity index (χ1n) is 5.17. The van der Waals surface area contributed by atoms with E-state index in [1.54, 1.807) is 7.11 Å². The fourth-order valence-corrected chi connectivity index (χ4v) is 2.17. The van der Waals surface area contributed by atoms with Crippen LogP contribution in [0.25, 0.3) is 0 Å². The molecule has 1 unspecified atom stereocenters. The van der Waals surface area contributed by atoms with Crippen LogP contribution in [0.15, 0.2) is 12.1 Å². The van der Waals surface area contributed by atoms with Crippen LogP contribution >= 0.6 is 11.6 Å². The van der Waals surface area contributed by atoms with Crippen molar-refractivity contribution in [3.8, 4) is 11.5 Å². The normalized spacial score (nSPS) is 18.5. The molecule has 0 amide bonds. The van der Waals surface area contributed by atoms with E-state index in [9.17, 15) is 0 Å². The molecule has 2 rings (SSSR count). The van der Waals surface area contributed by atoms with Gasteiger partial charge in [-0.3, -0.25) is 0 Å². The largest absolute Gasteiger partial charge is 0.496 e. The highest BCUT2D eigenvalue weighted by Crippen LogP contribution is 2.35. The van der Waals surface area contributed by atoms with Gasteiger partial charge in [-0.15, -0.1) is 11.6 Å². The second kappa shape index (κ2) is 4.31. The average molecular weight is 227 g/mol. The topological polar surface area (TPSA) is 18.5 Å². The highest BCUT2D eigenvalue weighted by molar-refractivity contribution is 6.18. The van der Waals surface area contributed by atoms with Gasteiger partial charge in [0.05, 0.1) is 7.11 Å². The lowest BCUT2D eigenvalue weighted by molar-refractivity contribution is 0.254. The zero-order valence-corrected chi connectivity index (χ0v) is 9.80. The zero-order valence-electron chi connectivity index (χ0n) is 9.05. The lowest BCUT2D eigenvalue weighted by atomic mass is 10.1. The third kappa shape index (κ3) is 2.05. The molecule has 1 heterocycles. The van der Waals surface area contributed by atoms with Gasteiger partial charge in [-0.1, -0.05) is 0 Å². The van der Waals surface area contributed by atoms with Gasteiger partial charge in [0, 0.05) is 17.9 Å². The van der Waals surface area contributed by atoms with Crippen LogP contribution in [-0.2, 0) is 12.8 Å². The Hall–Kier alpha value is -0.890. The van der Waals surface area contributed by atoms with Crippen LogP contribution in [0.1, 0.15) is 18.1 Å². The molecule has 1 aliphatic heterocycles. The maximum Gasteiger partial charge on any atom is 0.123 e. The third-order valence-electron chi connectivity index (χ3n) is 2.66. The Morgan fingerprint density at radius 3 is 3.00 bits per heavy atom. The van der Waals surface area contributed by atoms with Gasteiger partial charge in [-0.2, -0.15) is 0 Å². The van der Waals surface area contributed by atoms with Crippen molar-refractivity contribution in [2.75, 3.05) is 13.0 Å². The smallest absolute Gasteiger partial charge is 0.123 e. The number of aryl methyl sites for hydroxylation is 1. The van der Waals surface area contributed by atoms with Crippen molar-refractivity contribution in [2.24, 2.45) is 0 Å². The van der Waals surface area contributed by atoms with E-state index in [1.807, 2.05) is 0 Å². The molecular weight excluding hydrogens is 212 g/mol. The third-order valence-corrected chi connectivity index (χ3v) is 2.85. The molecule has 0 N–H and O–H groups in total. The molecule has 1 aromatic rings. The predicted molar refractivity (Wildman–Crippen MR) is 61.2 cm³/mol. The zero-order chi connectivity index (χ0) is 10.8. The van der Waals surface area contributed by atoms with Crippen molar-refractivity contribution in [1.82, 2.24) is 0 Å². The number of rotatable bonds is 3. The number of alkyl halides is 1. The molecule has 0 bridgehead atoms. The molecule has 1 atom stereocenters. The number of benzene rings is 1. The molecule has 82 valence electrons. The van der Waals surface area contributed by atoms with E-state index in [4.69, 9.17) is 21.1 Å². The predicted octanol–water partition coefficient (Wildman–Crippen LogP) is 2.80. The first kappa shape index (κ1) is 10.6. The lowest BCUT2D eigenvalue weighted by Crippen LogP contribution is -2.05. The average Bonchev–Trinajstić information content (AvgIpc) is 2.56. The number of halogens is 1. The van der Waals surface area contributed by atoms with Crippen LogP contribution < -0.4 is 9.47 Å².